The van der Waals surface area contributed by atoms with Crippen molar-refractivity contribution in [2.75, 3.05) is 6.54 Å². The van der Waals surface area contributed by atoms with Gasteiger partial charge in [0.2, 0.25) is 5.91 Å². The molecule has 2 heterocycles. The zero-order valence-electron chi connectivity index (χ0n) is 17.0. The number of hydrogen-bond donors (Lipinski definition) is 3. The number of carbonyl (C=O) groups excluding carboxylic acids is 1. The van der Waals surface area contributed by atoms with Gasteiger partial charge < -0.3 is 25.4 Å². The largest absolute Gasteiger partial charge is 0.483 e. The Kier molecular flexibility index (Phi) is 7.14. The number of carboxylic acid groups (broad SMARTS) is 1. The molecule has 174 valence electrons. The summed E-state index contributed by atoms with van der Waals surface area (Å²) in [4.78, 5) is 26.9. The van der Waals surface area contributed by atoms with Gasteiger partial charge >= 0.3 is 0 Å². The zero-order chi connectivity index (χ0) is 23.5. The van der Waals surface area contributed by atoms with Gasteiger partial charge in [-0.2, -0.15) is 4.98 Å². The SMILES string of the molecule is N[C@@H](CC(=O)N1CCC[C@H]1c1noc(C2(O)CC2)n1)Cc1cc(F)c(F)cc1F.O=CO. The van der Waals surface area contributed by atoms with Crippen LogP contribution < -0.4 is 5.73 Å². The molecule has 1 aliphatic heterocycles. The van der Waals surface area contributed by atoms with Gasteiger partial charge in [0.1, 0.15) is 11.4 Å². The molecule has 1 aromatic carbocycles. The maximum absolute atomic E-state index is 13.8. The standard InChI is InChI=1S/C19H21F3N4O3.CH2O2/c20-12-9-14(22)13(21)7-10(12)6-11(23)8-16(27)26-5-1-2-15(26)17-24-18(29-25-17)19(28)3-4-19;2-1-3/h7,9,11,15,28H,1-6,8,23H2;1H,(H,2,3)/t11-,15+;/m1./s1. The summed E-state index contributed by atoms with van der Waals surface area (Å²) >= 11 is 0. The number of aliphatic hydroxyl groups is 1. The van der Waals surface area contributed by atoms with E-state index in [1.807, 2.05) is 0 Å². The van der Waals surface area contributed by atoms with E-state index in [1.165, 1.54) is 0 Å². The van der Waals surface area contributed by atoms with E-state index in [2.05, 4.69) is 10.1 Å². The molecule has 4 rings (SSSR count). The second kappa shape index (κ2) is 9.65. The average molecular weight is 456 g/mol. The molecule has 2 aromatic rings. The highest BCUT2D eigenvalue weighted by Crippen LogP contribution is 2.45. The van der Waals surface area contributed by atoms with Crippen LogP contribution in [0.15, 0.2) is 16.7 Å². The van der Waals surface area contributed by atoms with Crippen LogP contribution in [0.25, 0.3) is 0 Å². The molecule has 2 aliphatic rings. The Hall–Kier alpha value is -2.99. The van der Waals surface area contributed by atoms with Gasteiger partial charge in [-0.25, -0.2) is 13.2 Å². The van der Waals surface area contributed by atoms with E-state index in [9.17, 15) is 23.1 Å². The molecular formula is C20H23F3N4O5. The maximum atomic E-state index is 13.8. The van der Waals surface area contributed by atoms with Gasteiger partial charge in [0, 0.05) is 25.1 Å². The number of halogens is 3. The first-order valence-electron chi connectivity index (χ1n) is 10.0. The number of aromatic nitrogens is 2. The molecule has 0 radical (unpaired) electrons. The minimum atomic E-state index is -1.27. The van der Waals surface area contributed by atoms with Crippen LogP contribution in [0.5, 0.6) is 0 Å². The highest BCUT2D eigenvalue weighted by Gasteiger charge is 2.48. The maximum Gasteiger partial charge on any atom is 0.290 e. The molecule has 1 aliphatic carbocycles. The van der Waals surface area contributed by atoms with Gasteiger partial charge in [-0.15, -0.1) is 0 Å². The Morgan fingerprint density at radius 1 is 1.31 bits per heavy atom. The van der Waals surface area contributed by atoms with Gasteiger partial charge in [0.05, 0.1) is 6.04 Å². The summed E-state index contributed by atoms with van der Waals surface area (Å²) in [5, 5.41) is 20.9. The Bertz CT molecular complexity index is 982. The van der Waals surface area contributed by atoms with Crippen molar-refractivity contribution >= 4 is 12.4 Å². The molecule has 1 amide bonds. The van der Waals surface area contributed by atoms with Crippen molar-refractivity contribution < 1.29 is 37.5 Å². The molecule has 12 heteroatoms. The summed E-state index contributed by atoms with van der Waals surface area (Å²) < 4.78 is 45.4. The predicted octanol–water partition coefficient (Wildman–Crippen LogP) is 1.79. The highest BCUT2D eigenvalue weighted by atomic mass is 19.2. The van der Waals surface area contributed by atoms with E-state index in [0.29, 0.717) is 37.7 Å². The van der Waals surface area contributed by atoms with Gasteiger partial charge in [-0.3, -0.25) is 9.59 Å². The first kappa shape index (κ1) is 23.7. The molecule has 0 unspecified atom stereocenters. The van der Waals surface area contributed by atoms with Crippen LogP contribution in [0.4, 0.5) is 13.2 Å². The lowest BCUT2D eigenvalue weighted by molar-refractivity contribution is -0.132. The van der Waals surface area contributed by atoms with Crippen molar-refractivity contribution in [3.05, 3.63) is 46.9 Å². The van der Waals surface area contributed by atoms with Crippen molar-refractivity contribution in [3.8, 4) is 0 Å². The van der Waals surface area contributed by atoms with Crippen molar-refractivity contribution in [2.24, 2.45) is 5.73 Å². The molecule has 1 saturated heterocycles. The summed E-state index contributed by atoms with van der Waals surface area (Å²) in [5.74, 6) is -3.10. The van der Waals surface area contributed by atoms with Crippen LogP contribution in [0, 0.1) is 17.5 Å². The molecule has 4 N–H and O–H groups in total. The van der Waals surface area contributed by atoms with E-state index in [1.54, 1.807) is 4.90 Å². The fourth-order valence-corrected chi connectivity index (χ4v) is 3.64. The van der Waals surface area contributed by atoms with Crippen molar-refractivity contribution in [1.82, 2.24) is 15.0 Å². The first-order chi connectivity index (χ1) is 15.2. The smallest absolute Gasteiger partial charge is 0.290 e. The minimum absolute atomic E-state index is 0.0809. The Morgan fingerprint density at radius 3 is 2.62 bits per heavy atom. The number of likely N-dealkylation sites (tertiary alicyclic amines) is 1. The monoisotopic (exact) mass is 456 g/mol. The summed E-state index contributed by atoms with van der Waals surface area (Å²) in [6, 6.07) is 0.0831. The lowest BCUT2D eigenvalue weighted by atomic mass is 10.0. The van der Waals surface area contributed by atoms with Crippen molar-refractivity contribution in [2.45, 2.75) is 56.2 Å². The van der Waals surface area contributed by atoms with Gasteiger partial charge in [0.25, 0.3) is 12.4 Å². The second-order valence-corrected chi connectivity index (χ2v) is 7.87. The Balaban J connectivity index is 0.000000913. The van der Waals surface area contributed by atoms with E-state index in [-0.39, 0.29) is 42.7 Å². The lowest BCUT2D eigenvalue weighted by Gasteiger charge is -2.24. The van der Waals surface area contributed by atoms with E-state index in [4.69, 9.17) is 20.2 Å². The number of benzene rings is 1. The number of carbonyl (C=O) groups is 2. The number of amides is 1. The third kappa shape index (κ3) is 5.25. The predicted molar refractivity (Wildman–Crippen MR) is 102 cm³/mol. The van der Waals surface area contributed by atoms with Gasteiger partial charge in [-0.05, 0) is 43.7 Å². The summed E-state index contributed by atoms with van der Waals surface area (Å²) in [6.45, 7) is 0.240. The number of hydrogen-bond acceptors (Lipinski definition) is 7. The second-order valence-electron chi connectivity index (χ2n) is 7.87. The highest BCUT2D eigenvalue weighted by molar-refractivity contribution is 5.77. The molecule has 0 spiro atoms. The summed E-state index contributed by atoms with van der Waals surface area (Å²) in [7, 11) is 0. The number of nitrogens with zero attached hydrogens (tertiary/aromatic N) is 3. The van der Waals surface area contributed by atoms with Crippen LogP contribution in [0.2, 0.25) is 0 Å². The third-order valence-electron chi connectivity index (χ3n) is 5.44. The normalized spacial score (nSPS) is 19.8. The van der Waals surface area contributed by atoms with E-state index >= 15 is 0 Å². The summed E-state index contributed by atoms with van der Waals surface area (Å²) in [5.41, 5.74) is 4.84. The van der Waals surface area contributed by atoms with Crippen LogP contribution in [-0.4, -0.2) is 50.2 Å². The first-order valence-corrected chi connectivity index (χ1v) is 10.0. The van der Waals surface area contributed by atoms with Gasteiger partial charge in [-0.1, -0.05) is 5.16 Å². The molecule has 2 fully saturated rings. The zero-order valence-corrected chi connectivity index (χ0v) is 17.0. The molecule has 0 bridgehead atoms. The molecule has 2 atom stereocenters. The number of rotatable bonds is 6. The number of nitrogens with two attached hydrogens (primary N) is 1. The van der Waals surface area contributed by atoms with Crippen LogP contribution in [0.3, 0.4) is 0 Å². The molecule has 1 saturated carbocycles. The Morgan fingerprint density at radius 2 is 1.97 bits per heavy atom. The Labute approximate surface area is 181 Å². The molecule has 9 nitrogen and oxygen atoms in total. The average Bonchev–Trinajstić information content (AvgIpc) is 3.13. The third-order valence-corrected chi connectivity index (χ3v) is 5.44. The lowest BCUT2D eigenvalue weighted by Crippen LogP contribution is -2.36. The molecular weight excluding hydrogens is 433 g/mol. The van der Waals surface area contributed by atoms with Crippen LogP contribution >= 0.6 is 0 Å². The van der Waals surface area contributed by atoms with Crippen molar-refractivity contribution in [1.29, 1.82) is 0 Å². The van der Waals surface area contributed by atoms with Crippen LogP contribution in [0.1, 0.15) is 55.4 Å². The fourth-order valence-electron chi connectivity index (χ4n) is 3.64. The van der Waals surface area contributed by atoms with E-state index in [0.717, 1.165) is 12.5 Å². The topological polar surface area (TPSA) is 143 Å². The summed E-state index contributed by atoms with van der Waals surface area (Å²) in [6.07, 6.45) is 2.33. The minimum Gasteiger partial charge on any atom is -0.483 e. The van der Waals surface area contributed by atoms with Gasteiger partial charge in [0.15, 0.2) is 17.5 Å². The molecule has 1 aromatic heterocycles. The van der Waals surface area contributed by atoms with Crippen LogP contribution in [-0.2, 0) is 21.6 Å². The fraction of sp³-hybridized carbons (Fsp3) is 0.500. The molecule has 32 heavy (non-hydrogen) atoms. The quantitative estimate of drug-likeness (QED) is 0.441. The van der Waals surface area contributed by atoms with E-state index < -0.39 is 29.1 Å². The van der Waals surface area contributed by atoms with Crippen molar-refractivity contribution in [3.63, 3.8) is 0 Å².